The van der Waals surface area contributed by atoms with Crippen LogP contribution in [-0.2, 0) is 19.1 Å². The molecule has 0 aliphatic carbocycles. The molecule has 0 atom stereocenters. The standard InChI is InChI=1S/C18H17N3O3S.C11H11N3O.C7H7ClO2S/c1-13-3-9-17(10-4-13)25(22,23)21-18-19-11-15(12-20-18)14-5-7-16(24-2)8-6-14;1-15-10-4-2-8(3-5-10)9-6-13-11(12)14-7-9;1-6-2-4-7(5-3-6)11(8,9)10/h3-12H,1-2H3,(H,19,20,21);2-7H,1H3,(H2,12,13,14);2-5H,1H3. The molecule has 0 saturated heterocycles. The zero-order valence-corrected chi connectivity index (χ0v) is 30.4. The van der Waals surface area contributed by atoms with E-state index in [1.807, 2.05) is 62.4 Å². The number of aryl methyl sites for hydroxylation is 2. The van der Waals surface area contributed by atoms with E-state index in [1.54, 1.807) is 75.4 Å². The maximum Gasteiger partial charge on any atom is 0.264 e. The Balaban J connectivity index is 0.000000190. The molecule has 51 heavy (non-hydrogen) atoms. The lowest BCUT2D eigenvalue weighted by Crippen LogP contribution is -2.14. The summed E-state index contributed by atoms with van der Waals surface area (Å²) >= 11 is 0. The molecule has 0 amide bonds. The van der Waals surface area contributed by atoms with Crippen LogP contribution in [-0.4, -0.2) is 51.0 Å². The monoisotopic (exact) mass is 746 g/mol. The molecule has 0 unspecified atom stereocenters. The Bertz CT molecular complexity index is 2220. The summed E-state index contributed by atoms with van der Waals surface area (Å²) in [6.45, 7) is 3.77. The van der Waals surface area contributed by atoms with E-state index in [0.29, 0.717) is 0 Å². The van der Waals surface area contributed by atoms with Gasteiger partial charge >= 0.3 is 0 Å². The minimum absolute atomic E-state index is 0.0258. The van der Waals surface area contributed by atoms with Gasteiger partial charge in [0, 0.05) is 46.6 Å². The summed E-state index contributed by atoms with van der Waals surface area (Å²) in [5.74, 6) is 1.90. The largest absolute Gasteiger partial charge is 0.497 e. The number of nitrogens with zero attached hydrogens (tertiary/aromatic N) is 4. The van der Waals surface area contributed by atoms with Crippen molar-refractivity contribution in [3.05, 3.63) is 133 Å². The number of ether oxygens (including phenoxy) is 2. The van der Waals surface area contributed by atoms with Crippen LogP contribution < -0.4 is 19.9 Å². The van der Waals surface area contributed by atoms with Gasteiger partial charge in [0.15, 0.2) is 0 Å². The van der Waals surface area contributed by atoms with Crippen LogP contribution in [0.1, 0.15) is 11.1 Å². The van der Waals surface area contributed by atoms with Crippen LogP contribution in [0.5, 0.6) is 11.5 Å². The van der Waals surface area contributed by atoms with Crippen LogP contribution in [0.4, 0.5) is 11.9 Å². The Hall–Kier alpha value is -5.57. The zero-order valence-electron chi connectivity index (χ0n) is 28.1. The first-order chi connectivity index (χ1) is 24.3. The number of methoxy groups -OCH3 is 2. The topological polar surface area (TPSA) is 176 Å². The first kappa shape index (κ1) is 38.2. The Morgan fingerprint density at radius 3 is 1.29 bits per heavy atom. The minimum Gasteiger partial charge on any atom is -0.497 e. The second kappa shape index (κ2) is 17.4. The van der Waals surface area contributed by atoms with Crippen molar-refractivity contribution in [2.75, 3.05) is 24.7 Å². The molecule has 6 aromatic rings. The molecular formula is C36H35ClN6O6S2. The van der Waals surface area contributed by atoms with E-state index in [9.17, 15) is 16.8 Å². The maximum absolute atomic E-state index is 12.3. The van der Waals surface area contributed by atoms with E-state index in [-0.39, 0.29) is 21.7 Å². The van der Waals surface area contributed by atoms with Gasteiger partial charge in [-0.3, -0.25) is 0 Å². The maximum atomic E-state index is 12.3. The van der Waals surface area contributed by atoms with Gasteiger partial charge in [-0.15, -0.1) is 0 Å². The van der Waals surface area contributed by atoms with Gasteiger partial charge in [0.25, 0.3) is 19.1 Å². The summed E-state index contributed by atoms with van der Waals surface area (Å²) in [6.07, 6.45) is 6.54. The lowest BCUT2D eigenvalue weighted by atomic mass is 10.1. The van der Waals surface area contributed by atoms with Crippen molar-refractivity contribution in [3.8, 4) is 33.8 Å². The molecule has 264 valence electrons. The van der Waals surface area contributed by atoms with Crippen molar-refractivity contribution in [2.45, 2.75) is 23.6 Å². The molecule has 3 N–H and O–H groups in total. The number of nitrogens with two attached hydrogens (primary N) is 1. The summed E-state index contributed by atoms with van der Waals surface area (Å²) in [5, 5.41) is 0. The van der Waals surface area contributed by atoms with E-state index in [1.165, 1.54) is 12.1 Å². The third kappa shape index (κ3) is 11.5. The van der Waals surface area contributed by atoms with Gasteiger partial charge in [-0.1, -0.05) is 59.7 Å². The molecule has 2 heterocycles. The fourth-order valence-electron chi connectivity index (χ4n) is 4.18. The highest BCUT2D eigenvalue weighted by molar-refractivity contribution is 8.13. The van der Waals surface area contributed by atoms with Crippen molar-refractivity contribution < 1.29 is 26.3 Å². The fraction of sp³-hybridized carbons (Fsp3) is 0.111. The van der Waals surface area contributed by atoms with E-state index in [0.717, 1.165) is 44.9 Å². The molecule has 6 rings (SSSR count). The number of halogens is 1. The highest BCUT2D eigenvalue weighted by atomic mass is 35.7. The van der Waals surface area contributed by atoms with Crippen LogP contribution in [0, 0.1) is 13.8 Å². The first-order valence-corrected chi connectivity index (χ1v) is 18.9. The Labute approximate surface area is 301 Å². The quantitative estimate of drug-likeness (QED) is 0.155. The third-order valence-corrected chi connectivity index (χ3v) is 9.74. The van der Waals surface area contributed by atoms with Crippen LogP contribution in [0.3, 0.4) is 0 Å². The molecular weight excluding hydrogens is 712 g/mol. The summed E-state index contributed by atoms with van der Waals surface area (Å²) in [5.41, 5.74) is 11.1. The van der Waals surface area contributed by atoms with Crippen molar-refractivity contribution >= 4 is 41.7 Å². The number of sulfonamides is 1. The Morgan fingerprint density at radius 1 is 0.549 bits per heavy atom. The number of hydrogen-bond acceptors (Lipinski definition) is 11. The molecule has 0 spiro atoms. The van der Waals surface area contributed by atoms with Gasteiger partial charge in [-0.2, -0.15) is 0 Å². The number of anilines is 2. The van der Waals surface area contributed by atoms with Gasteiger partial charge in [0.1, 0.15) is 11.5 Å². The van der Waals surface area contributed by atoms with Crippen molar-refractivity contribution in [2.24, 2.45) is 0 Å². The van der Waals surface area contributed by atoms with Gasteiger partial charge < -0.3 is 15.2 Å². The number of rotatable bonds is 8. The normalized spacial score (nSPS) is 10.8. The molecule has 0 saturated carbocycles. The van der Waals surface area contributed by atoms with E-state index in [2.05, 4.69) is 24.7 Å². The second-order valence-electron chi connectivity index (χ2n) is 10.8. The molecule has 0 bridgehead atoms. The van der Waals surface area contributed by atoms with Gasteiger partial charge in [-0.05, 0) is 73.5 Å². The lowest BCUT2D eigenvalue weighted by molar-refractivity contribution is 0.415. The predicted octanol–water partition coefficient (Wildman–Crippen LogP) is 6.92. The van der Waals surface area contributed by atoms with Gasteiger partial charge in [-0.25, -0.2) is 41.5 Å². The summed E-state index contributed by atoms with van der Waals surface area (Å²) in [6, 6.07) is 28.1. The summed E-state index contributed by atoms with van der Waals surface area (Å²) < 4.78 is 58.7. The average molecular weight is 747 g/mol. The number of nitrogen functional groups attached to an aromatic ring is 1. The molecule has 4 aromatic carbocycles. The van der Waals surface area contributed by atoms with Crippen LogP contribution in [0.15, 0.2) is 132 Å². The van der Waals surface area contributed by atoms with Crippen LogP contribution >= 0.6 is 10.7 Å². The number of nitrogens with one attached hydrogen (secondary N) is 1. The SMILES string of the molecule is COc1ccc(-c2cnc(N)nc2)cc1.COc1ccc(-c2cnc(NS(=O)(=O)c3ccc(C)cc3)nc2)cc1.Cc1ccc(S(=O)(=O)Cl)cc1. The lowest BCUT2D eigenvalue weighted by Gasteiger charge is -2.08. The van der Waals surface area contributed by atoms with Crippen molar-refractivity contribution in [1.82, 2.24) is 19.9 Å². The molecule has 12 nitrogen and oxygen atoms in total. The van der Waals surface area contributed by atoms with Crippen LogP contribution in [0.2, 0.25) is 0 Å². The molecule has 15 heteroatoms. The molecule has 2 aromatic heterocycles. The molecule has 0 aliphatic rings. The summed E-state index contributed by atoms with van der Waals surface area (Å²) in [7, 11) is 1.07. The fourth-order valence-corrected chi connectivity index (χ4v) is 5.91. The van der Waals surface area contributed by atoms with Gasteiger partial charge in [0.2, 0.25) is 11.9 Å². The zero-order chi connectivity index (χ0) is 37.0. The van der Waals surface area contributed by atoms with E-state index < -0.39 is 19.1 Å². The highest BCUT2D eigenvalue weighted by Gasteiger charge is 2.15. The average Bonchev–Trinajstić information content (AvgIpc) is 3.13. The minimum atomic E-state index is -3.71. The number of aromatic nitrogens is 4. The first-order valence-electron chi connectivity index (χ1n) is 15.1. The third-order valence-electron chi connectivity index (χ3n) is 7.03. The molecule has 0 fully saturated rings. The van der Waals surface area contributed by atoms with Crippen molar-refractivity contribution in [3.63, 3.8) is 0 Å². The Kier molecular flexibility index (Phi) is 13.0. The second-order valence-corrected chi connectivity index (χ2v) is 15.0. The van der Waals surface area contributed by atoms with Gasteiger partial charge in [0.05, 0.1) is 24.0 Å². The van der Waals surface area contributed by atoms with Crippen molar-refractivity contribution in [1.29, 1.82) is 0 Å². The predicted molar refractivity (Wildman–Crippen MR) is 199 cm³/mol. The number of hydrogen-bond donors (Lipinski definition) is 2. The smallest absolute Gasteiger partial charge is 0.264 e. The van der Waals surface area contributed by atoms with E-state index >= 15 is 0 Å². The highest BCUT2D eigenvalue weighted by Crippen LogP contribution is 2.23. The number of benzene rings is 4. The molecule has 0 aliphatic heterocycles. The summed E-state index contributed by atoms with van der Waals surface area (Å²) in [4.78, 5) is 16.4. The van der Waals surface area contributed by atoms with E-state index in [4.69, 9.17) is 25.9 Å². The molecule has 0 radical (unpaired) electrons. The Morgan fingerprint density at radius 2 is 0.922 bits per heavy atom. The van der Waals surface area contributed by atoms with Crippen LogP contribution in [0.25, 0.3) is 22.3 Å².